The van der Waals surface area contributed by atoms with E-state index in [-0.39, 0.29) is 23.7 Å². The van der Waals surface area contributed by atoms with Gasteiger partial charge in [-0.15, -0.1) is 0 Å². The van der Waals surface area contributed by atoms with E-state index in [4.69, 9.17) is 4.74 Å². The van der Waals surface area contributed by atoms with Crippen LogP contribution in [0.4, 0.5) is 10.1 Å². The van der Waals surface area contributed by atoms with Crippen molar-refractivity contribution < 1.29 is 19.0 Å². The minimum Gasteiger partial charge on any atom is -0.507 e. The molecule has 5 heteroatoms. The highest BCUT2D eigenvalue weighted by atomic mass is 19.1. The monoisotopic (exact) mass is 337 g/mol. The maximum absolute atomic E-state index is 13.2. The van der Waals surface area contributed by atoms with E-state index in [0.29, 0.717) is 17.0 Å². The van der Waals surface area contributed by atoms with Gasteiger partial charge >= 0.3 is 0 Å². The largest absolute Gasteiger partial charge is 0.507 e. The number of benzene rings is 3. The van der Waals surface area contributed by atoms with Gasteiger partial charge < -0.3 is 15.2 Å². The van der Waals surface area contributed by atoms with Gasteiger partial charge in [0.15, 0.2) is 0 Å². The van der Waals surface area contributed by atoms with Crippen LogP contribution in [0.15, 0.2) is 72.8 Å². The van der Waals surface area contributed by atoms with Gasteiger partial charge in [-0.25, -0.2) is 4.39 Å². The van der Waals surface area contributed by atoms with Gasteiger partial charge in [0.1, 0.15) is 23.9 Å². The molecule has 0 atom stereocenters. The summed E-state index contributed by atoms with van der Waals surface area (Å²) in [6.07, 6.45) is 0. The van der Waals surface area contributed by atoms with Crippen molar-refractivity contribution in [3.63, 3.8) is 0 Å². The lowest BCUT2D eigenvalue weighted by Gasteiger charge is -2.10. The standard InChI is InChI=1S/C20H16FNO3/c21-15-6-4-5-14(11-15)13-25-17-9-10-19(23)18(12-17)20(24)22-16-7-2-1-3-8-16/h1-12,23H,13H2,(H,22,24). The lowest BCUT2D eigenvalue weighted by Crippen LogP contribution is -2.12. The molecule has 3 aromatic carbocycles. The molecule has 0 aromatic heterocycles. The number of carbonyl (C=O) groups excluding carboxylic acids is 1. The van der Waals surface area contributed by atoms with Gasteiger partial charge in [-0.1, -0.05) is 30.3 Å². The molecule has 0 unspecified atom stereocenters. The number of hydrogen-bond acceptors (Lipinski definition) is 3. The van der Waals surface area contributed by atoms with Gasteiger partial charge in [0, 0.05) is 5.69 Å². The van der Waals surface area contributed by atoms with Crippen LogP contribution in [0.3, 0.4) is 0 Å². The van der Waals surface area contributed by atoms with E-state index < -0.39 is 5.91 Å². The zero-order chi connectivity index (χ0) is 17.6. The molecular formula is C20H16FNO3. The van der Waals surface area contributed by atoms with Crippen LogP contribution >= 0.6 is 0 Å². The van der Waals surface area contributed by atoms with Crippen molar-refractivity contribution in [1.82, 2.24) is 0 Å². The van der Waals surface area contributed by atoms with Gasteiger partial charge in [-0.05, 0) is 48.0 Å². The summed E-state index contributed by atoms with van der Waals surface area (Å²) in [6, 6.07) is 19.4. The molecule has 126 valence electrons. The van der Waals surface area contributed by atoms with Gasteiger partial charge in [-0.3, -0.25) is 4.79 Å². The fourth-order valence-corrected chi connectivity index (χ4v) is 2.30. The average molecular weight is 337 g/mol. The quantitative estimate of drug-likeness (QED) is 0.727. The second-order valence-electron chi connectivity index (χ2n) is 5.42. The Bertz CT molecular complexity index is 881. The van der Waals surface area contributed by atoms with Crippen molar-refractivity contribution in [2.75, 3.05) is 5.32 Å². The predicted octanol–water partition coefficient (Wildman–Crippen LogP) is 4.36. The highest BCUT2D eigenvalue weighted by Gasteiger charge is 2.13. The molecule has 0 aliphatic rings. The van der Waals surface area contributed by atoms with E-state index in [1.165, 1.54) is 24.3 Å². The first kappa shape index (κ1) is 16.5. The summed E-state index contributed by atoms with van der Waals surface area (Å²) in [6.45, 7) is 0.155. The van der Waals surface area contributed by atoms with E-state index in [2.05, 4.69) is 5.32 Å². The van der Waals surface area contributed by atoms with Gasteiger partial charge in [0.05, 0.1) is 5.56 Å². The molecule has 0 heterocycles. The van der Waals surface area contributed by atoms with Crippen molar-refractivity contribution >= 4 is 11.6 Å². The fourth-order valence-electron chi connectivity index (χ4n) is 2.30. The molecular weight excluding hydrogens is 321 g/mol. The first-order chi connectivity index (χ1) is 12.1. The molecule has 2 N–H and O–H groups in total. The summed E-state index contributed by atoms with van der Waals surface area (Å²) in [5.74, 6) is -0.526. The minimum atomic E-state index is -0.445. The van der Waals surface area contributed by atoms with E-state index >= 15 is 0 Å². The van der Waals surface area contributed by atoms with Crippen LogP contribution in [-0.4, -0.2) is 11.0 Å². The van der Waals surface area contributed by atoms with Crippen molar-refractivity contribution in [3.8, 4) is 11.5 Å². The summed E-state index contributed by atoms with van der Waals surface area (Å²) >= 11 is 0. The van der Waals surface area contributed by atoms with Crippen LogP contribution in [-0.2, 0) is 6.61 Å². The van der Waals surface area contributed by atoms with Crippen molar-refractivity contribution in [2.45, 2.75) is 6.61 Å². The second kappa shape index (κ2) is 7.49. The maximum Gasteiger partial charge on any atom is 0.259 e. The molecule has 0 spiro atoms. The number of halogens is 1. The molecule has 0 bridgehead atoms. The topological polar surface area (TPSA) is 58.6 Å². The number of anilines is 1. The molecule has 1 amide bonds. The molecule has 25 heavy (non-hydrogen) atoms. The number of hydrogen-bond donors (Lipinski definition) is 2. The summed E-state index contributed by atoms with van der Waals surface area (Å²) in [4.78, 5) is 12.3. The third kappa shape index (κ3) is 4.35. The Kier molecular flexibility index (Phi) is 4.95. The minimum absolute atomic E-state index is 0.0978. The second-order valence-corrected chi connectivity index (χ2v) is 5.42. The van der Waals surface area contributed by atoms with Crippen LogP contribution in [0.1, 0.15) is 15.9 Å². The van der Waals surface area contributed by atoms with Crippen LogP contribution in [0.2, 0.25) is 0 Å². The lowest BCUT2D eigenvalue weighted by molar-refractivity contribution is 0.102. The van der Waals surface area contributed by atoms with Gasteiger partial charge in [0.2, 0.25) is 0 Å². The Morgan fingerprint density at radius 3 is 2.56 bits per heavy atom. The number of aromatic hydroxyl groups is 1. The van der Waals surface area contributed by atoms with E-state index in [1.807, 2.05) is 6.07 Å². The zero-order valence-corrected chi connectivity index (χ0v) is 13.3. The van der Waals surface area contributed by atoms with E-state index in [9.17, 15) is 14.3 Å². The molecule has 0 fully saturated rings. The smallest absolute Gasteiger partial charge is 0.259 e. The van der Waals surface area contributed by atoms with Crippen LogP contribution in [0.5, 0.6) is 11.5 Å². The molecule has 0 aliphatic heterocycles. The van der Waals surface area contributed by atoms with Crippen molar-refractivity contribution in [3.05, 3.63) is 89.7 Å². The summed E-state index contributed by atoms with van der Waals surface area (Å²) in [7, 11) is 0. The molecule has 0 saturated carbocycles. The number of ether oxygens (including phenoxy) is 1. The number of phenolic OH excluding ortho intramolecular Hbond substituents is 1. The lowest BCUT2D eigenvalue weighted by atomic mass is 10.1. The predicted molar refractivity (Wildman–Crippen MR) is 93.2 cm³/mol. The zero-order valence-electron chi connectivity index (χ0n) is 13.3. The van der Waals surface area contributed by atoms with Gasteiger partial charge in [-0.2, -0.15) is 0 Å². The number of carbonyl (C=O) groups is 1. The number of para-hydroxylation sites is 1. The Balaban J connectivity index is 1.72. The third-order valence-electron chi connectivity index (χ3n) is 3.54. The molecule has 3 aromatic rings. The summed E-state index contributed by atoms with van der Waals surface area (Å²) in [5.41, 5.74) is 1.39. The van der Waals surface area contributed by atoms with Crippen LogP contribution in [0, 0.1) is 5.82 Å². The average Bonchev–Trinajstić information content (AvgIpc) is 2.62. The third-order valence-corrected chi connectivity index (χ3v) is 3.54. The normalized spacial score (nSPS) is 10.3. The molecule has 3 rings (SSSR count). The highest BCUT2D eigenvalue weighted by molar-refractivity contribution is 6.06. The van der Waals surface area contributed by atoms with Gasteiger partial charge in [0.25, 0.3) is 5.91 Å². The van der Waals surface area contributed by atoms with Crippen molar-refractivity contribution in [1.29, 1.82) is 0 Å². The fraction of sp³-hybridized carbons (Fsp3) is 0.0500. The number of amides is 1. The SMILES string of the molecule is O=C(Nc1ccccc1)c1cc(OCc2cccc(F)c2)ccc1O. The Hall–Kier alpha value is -3.34. The Morgan fingerprint density at radius 2 is 1.80 bits per heavy atom. The first-order valence-corrected chi connectivity index (χ1v) is 7.68. The molecule has 0 radical (unpaired) electrons. The van der Waals surface area contributed by atoms with E-state index in [0.717, 1.165) is 0 Å². The Morgan fingerprint density at radius 1 is 1.00 bits per heavy atom. The molecule has 0 saturated heterocycles. The van der Waals surface area contributed by atoms with Crippen molar-refractivity contribution in [2.24, 2.45) is 0 Å². The highest BCUT2D eigenvalue weighted by Crippen LogP contribution is 2.25. The van der Waals surface area contributed by atoms with Crippen LogP contribution in [0.25, 0.3) is 0 Å². The molecule has 0 aliphatic carbocycles. The maximum atomic E-state index is 13.2. The first-order valence-electron chi connectivity index (χ1n) is 7.68. The van der Waals surface area contributed by atoms with Crippen LogP contribution < -0.4 is 10.1 Å². The number of nitrogens with one attached hydrogen (secondary N) is 1. The number of phenols is 1. The Labute approximate surface area is 144 Å². The summed E-state index contributed by atoms with van der Waals surface area (Å²) in [5, 5.41) is 12.6. The molecule has 4 nitrogen and oxygen atoms in total. The van der Waals surface area contributed by atoms with E-state index in [1.54, 1.807) is 42.5 Å². The number of rotatable bonds is 5. The summed E-state index contributed by atoms with van der Waals surface area (Å²) < 4.78 is 18.8.